The molecule has 11 nitrogen and oxygen atoms in total. The van der Waals surface area contributed by atoms with Crippen molar-refractivity contribution in [2.24, 2.45) is 10.1 Å². The fraction of sp³-hybridized carbons (Fsp3) is 0.182. The number of carbonyl (C=O) groups is 4. The summed E-state index contributed by atoms with van der Waals surface area (Å²) >= 11 is 52.4. The molecule has 5 aromatic carbocycles. The Balaban J connectivity index is 0.000000234. The summed E-state index contributed by atoms with van der Waals surface area (Å²) in [5, 5.41) is 12.7. The van der Waals surface area contributed by atoms with Gasteiger partial charge in [0.25, 0.3) is 17.7 Å². The molecule has 20 heteroatoms. The Hall–Kier alpha value is -4.08. The molecule has 4 amide bonds. The Morgan fingerprint density at radius 3 is 1.97 bits per heavy atom. The summed E-state index contributed by atoms with van der Waals surface area (Å²) in [7, 11) is 0. The van der Waals surface area contributed by atoms with Gasteiger partial charge in [-0.25, -0.2) is 10.0 Å². The lowest BCUT2D eigenvalue weighted by atomic mass is 9.91. The summed E-state index contributed by atoms with van der Waals surface area (Å²) in [5.74, 6) is -1.69. The van der Waals surface area contributed by atoms with Crippen molar-refractivity contribution < 1.29 is 19.2 Å². The molecule has 2 heterocycles. The minimum absolute atomic E-state index is 0.0578. The van der Waals surface area contributed by atoms with Crippen molar-refractivity contribution in [2.45, 2.75) is 50.2 Å². The van der Waals surface area contributed by atoms with Crippen LogP contribution in [0.2, 0.25) is 35.2 Å². The number of carbonyl (C=O) groups excluding carboxylic acids is 4. The maximum absolute atomic E-state index is 13.2. The number of halogens is 9. The molecule has 2 aliphatic heterocycles. The van der Waals surface area contributed by atoms with Gasteiger partial charge >= 0.3 is 0 Å². The van der Waals surface area contributed by atoms with E-state index in [1.54, 1.807) is 36.4 Å². The van der Waals surface area contributed by atoms with Gasteiger partial charge < -0.3 is 10.6 Å². The molecular formula is C44H34BrCl8N7O4. The maximum atomic E-state index is 13.2. The number of rotatable bonds is 8. The third kappa shape index (κ3) is 11.1. The third-order valence-corrected chi connectivity index (χ3v) is 12.8. The number of hydrazine groups is 1. The molecule has 5 aromatic rings. The van der Waals surface area contributed by atoms with Crippen LogP contribution in [0, 0.1) is 20.8 Å². The number of hydrogen-bond acceptors (Lipinski definition) is 6. The van der Waals surface area contributed by atoms with Gasteiger partial charge in [0.15, 0.2) is 16.0 Å². The fourth-order valence-corrected chi connectivity index (χ4v) is 9.35. The standard InChI is InChI=1S/C28H24BrCl3N4O3.C16H10Cl5N3O/c1-4-19(20-9-8-14(2)10-15(20)3)27(38)33-18-7-5-6-16(11-18)26(37)34-25-23(29)28(39)36(35-25)24-21(31)12-17(30)13-22(24)32;1-7-2-3-9(18)12(4-7)22-15-13(21)16(25)24(23-15)14-10(19)5-8(17)6-11(14)20/h5-13,19,23H,4H2,1-3H3,(H,33,38)(H,34,35,37);2-6,13H,1H3,(H,22,23). The van der Waals surface area contributed by atoms with E-state index in [0.717, 1.165) is 32.3 Å². The van der Waals surface area contributed by atoms with Crippen molar-refractivity contribution in [3.05, 3.63) is 148 Å². The van der Waals surface area contributed by atoms with Crippen molar-refractivity contribution in [3.63, 3.8) is 0 Å². The molecule has 0 bridgehead atoms. The Kier molecular flexibility index (Phi) is 16.2. The van der Waals surface area contributed by atoms with Crippen LogP contribution in [0.25, 0.3) is 0 Å². The minimum atomic E-state index is -1.03. The molecule has 7 rings (SSSR count). The molecule has 0 aliphatic carbocycles. The number of aryl methyl sites for hydroxylation is 3. The summed E-state index contributed by atoms with van der Waals surface area (Å²) in [5.41, 5.74) is 8.60. The van der Waals surface area contributed by atoms with Crippen molar-refractivity contribution in [2.75, 3.05) is 15.3 Å². The summed E-state index contributed by atoms with van der Waals surface area (Å²) in [4.78, 5) is 55.0. The van der Waals surface area contributed by atoms with E-state index in [1.165, 1.54) is 24.3 Å². The highest BCUT2D eigenvalue weighted by Crippen LogP contribution is 2.40. The number of benzene rings is 5. The van der Waals surface area contributed by atoms with E-state index in [1.807, 2.05) is 45.9 Å². The number of amidine groups is 2. The number of nitrogens with one attached hydrogen (secondary N) is 3. The molecule has 0 aromatic heterocycles. The zero-order chi connectivity index (χ0) is 46.7. The van der Waals surface area contributed by atoms with E-state index in [9.17, 15) is 19.2 Å². The molecule has 332 valence electrons. The average molecular weight is 1090 g/mol. The third-order valence-electron chi connectivity index (χ3n) is 9.68. The van der Waals surface area contributed by atoms with E-state index in [4.69, 9.17) is 92.8 Å². The van der Waals surface area contributed by atoms with Crippen molar-refractivity contribution in [1.82, 2.24) is 10.7 Å². The van der Waals surface area contributed by atoms with Crippen LogP contribution < -0.4 is 26.1 Å². The van der Waals surface area contributed by atoms with Crippen molar-refractivity contribution in [3.8, 4) is 0 Å². The highest BCUT2D eigenvalue weighted by molar-refractivity contribution is 9.10. The van der Waals surface area contributed by atoms with Crippen molar-refractivity contribution in [1.29, 1.82) is 0 Å². The first kappa shape index (κ1) is 49.4. The van der Waals surface area contributed by atoms with Crippen LogP contribution in [0.3, 0.4) is 0 Å². The maximum Gasteiger partial charge on any atom is 0.271 e. The minimum Gasteiger partial charge on any atom is -0.326 e. The van der Waals surface area contributed by atoms with Crippen LogP contribution in [0.1, 0.15) is 51.9 Å². The van der Waals surface area contributed by atoms with Gasteiger partial charge in [-0.15, -0.1) is 16.7 Å². The number of hydrogen-bond donors (Lipinski definition) is 3. The second-order valence-corrected chi connectivity index (χ2v) is 18.6. The first-order valence-corrected chi connectivity index (χ1v) is 23.0. The second-order valence-electron chi connectivity index (χ2n) is 14.4. The molecule has 1 fully saturated rings. The SMILES string of the molecule is CCC(C(=O)Nc1cccc(C(=O)NC2=NN(c3c(Cl)cc(Cl)cc3Cl)C(=O)C2Br)c1)c1ccc(C)cc1C.Cc1ccc(Cl)c(N=C2NN(c3c(Cl)cc(Cl)cc3Cl)C(=O)C2Cl)c1. The van der Waals surface area contributed by atoms with E-state index >= 15 is 0 Å². The van der Waals surface area contributed by atoms with Gasteiger partial charge in [-0.2, -0.15) is 5.01 Å². The first-order chi connectivity index (χ1) is 30.3. The summed E-state index contributed by atoms with van der Waals surface area (Å²) < 4.78 is 0. The zero-order valence-electron chi connectivity index (χ0n) is 33.8. The lowest BCUT2D eigenvalue weighted by Crippen LogP contribution is -2.37. The molecule has 3 unspecified atom stereocenters. The highest BCUT2D eigenvalue weighted by Gasteiger charge is 2.40. The summed E-state index contributed by atoms with van der Waals surface area (Å²) in [6.07, 6.45) is 0.620. The van der Waals surface area contributed by atoms with E-state index < -0.39 is 27.9 Å². The van der Waals surface area contributed by atoms with Crippen LogP contribution in [-0.4, -0.2) is 45.5 Å². The lowest BCUT2D eigenvalue weighted by molar-refractivity contribution is -0.118. The average Bonchev–Trinajstić information content (AvgIpc) is 3.64. The monoisotopic (exact) mass is 1080 g/mol. The predicted molar refractivity (Wildman–Crippen MR) is 266 cm³/mol. The van der Waals surface area contributed by atoms with E-state index in [2.05, 4.69) is 48.1 Å². The van der Waals surface area contributed by atoms with Crippen LogP contribution in [-0.2, 0) is 14.4 Å². The predicted octanol–water partition coefficient (Wildman–Crippen LogP) is 13.0. The van der Waals surface area contributed by atoms with Gasteiger partial charge in [0.05, 0.1) is 36.7 Å². The Labute approximate surface area is 417 Å². The topological polar surface area (TPSA) is 136 Å². The van der Waals surface area contributed by atoms with Gasteiger partial charge in [0, 0.05) is 21.3 Å². The van der Waals surface area contributed by atoms with Gasteiger partial charge in [0.2, 0.25) is 5.91 Å². The summed E-state index contributed by atoms with van der Waals surface area (Å²) in [6.45, 7) is 7.87. The fourth-order valence-electron chi connectivity index (χ4n) is 6.63. The molecule has 2 aliphatic rings. The molecule has 0 spiro atoms. The Morgan fingerprint density at radius 1 is 0.766 bits per heavy atom. The summed E-state index contributed by atoms with van der Waals surface area (Å²) in [6, 6.07) is 23.8. The number of hydrazone groups is 1. The Morgan fingerprint density at radius 2 is 1.36 bits per heavy atom. The quantitative estimate of drug-likeness (QED) is 0.133. The number of anilines is 3. The molecule has 1 saturated heterocycles. The van der Waals surface area contributed by atoms with Crippen LogP contribution in [0.4, 0.5) is 22.7 Å². The largest absolute Gasteiger partial charge is 0.326 e. The van der Waals surface area contributed by atoms with Gasteiger partial charge in [-0.1, -0.05) is 140 Å². The van der Waals surface area contributed by atoms with Crippen LogP contribution >= 0.6 is 109 Å². The van der Waals surface area contributed by atoms with E-state index in [0.29, 0.717) is 32.9 Å². The van der Waals surface area contributed by atoms with E-state index in [-0.39, 0.29) is 60.5 Å². The molecule has 3 N–H and O–H groups in total. The number of nitrogens with zero attached hydrogens (tertiary/aromatic N) is 4. The Bertz CT molecular complexity index is 2730. The molecule has 0 saturated carbocycles. The first-order valence-electron chi connectivity index (χ1n) is 19.0. The number of aliphatic imine (C=N–C) groups is 1. The molecule has 3 atom stereocenters. The van der Waals surface area contributed by atoms with Crippen LogP contribution in [0.5, 0.6) is 0 Å². The van der Waals surface area contributed by atoms with Gasteiger partial charge in [0.1, 0.15) is 17.2 Å². The molecular weight excluding hydrogens is 1050 g/mol. The molecule has 64 heavy (non-hydrogen) atoms. The number of amides is 4. The van der Waals surface area contributed by atoms with Gasteiger partial charge in [-0.3, -0.25) is 24.6 Å². The van der Waals surface area contributed by atoms with Crippen LogP contribution in [0.15, 0.2) is 95.0 Å². The van der Waals surface area contributed by atoms with Gasteiger partial charge in [-0.05, 0) is 98.5 Å². The molecule has 0 radical (unpaired) electrons. The lowest BCUT2D eigenvalue weighted by Gasteiger charge is -2.19. The van der Waals surface area contributed by atoms with Crippen molar-refractivity contribution >= 4 is 167 Å². The zero-order valence-corrected chi connectivity index (χ0v) is 41.5. The normalized spacial score (nSPS) is 16.9. The highest BCUT2D eigenvalue weighted by atomic mass is 79.9. The smallest absolute Gasteiger partial charge is 0.271 e. The second kappa shape index (κ2) is 21.0. The number of alkyl halides is 2.